The maximum atomic E-state index is 12.1. The van der Waals surface area contributed by atoms with Crippen molar-refractivity contribution < 1.29 is 14.0 Å². The van der Waals surface area contributed by atoms with E-state index < -0.39 is 0 Å². The monoisotopic (exact) mass is 357 g/mol. The van der Waals surface area contributed by atoms with E-state index in [1.807, 2.05) is 6.07 Å². The van der Waals surface area contributed by atoms with Crippen molar-refractivity contribution in [3.63, 3.8) is 0 Å². The van der Waals surface area contributed by atoms with Gasteiger partial charge < -0.3 is 9.73 Å². The average Bonchev–Trinajstić information content (AvgIpc) is 3.25. The van der Waals surface area contributed by atoms with Crippen molar-refractivity contribution in [2.24, 2.45) is 0 Å². The van der Waals surface area contributed by atoms with Gasteiger partial charge in [0.2, 0.25) is 11.1 Å². The minimum absolute atomic E-state index is 0.0532. The Balaban J connectivity index is 1.57. The summed E-state index contributed by atoms with van der Waals surface area (Å²) in [4.78, 5) is 23.5. The van der Waals surface area contributed by atoms with Crippen LogP contribution in [-0.4, -0.2) is 37.7 Å². The Morgan fingerprint density at radius 3 is 2.92 bits per heavy atom. The molecular formula is C16H15N5O3S. The maximum absolute atomic E-state index is 12.1. The third-order valence-corrected chi connectivity index (χ3v) is 4.23. The lowest BCUT2D eigenvalue weighted by Gasteiger charge is -2.06. The molecule has 1 amide bonds. The van der Waals surface area contributed by atoms with Gasteiger partial charge in [-0.1, -0.05) is 23.9 Å². The predicted molar refractivity (Wildman–Crippen MR) is 91.4 cm³/mol. The van der Waals surface area contributed by atoms with Crippen LogP contribution in [0.1, 0.15) is 23.0 Å². The smallest absolute Gasteiger partial charge is 0.234 e. The molecule has 1 aromatic carbocycles. The van der Waals surface area contributed by atoms with E-state index in [0.29, 0.717) is 23.0 Å². The third-order valence-electron chi connectivity index (χ3n) is 3.27. The molecule has 0 aliphatic rings. The molecule has 3 aromatic rings. The molecule has 0 atom stereocenters. The van der Waals surface area contributed by atoms with Crippen LogP contribution in [0.3, 0.4) is 0 Å². The van der Waals surface area contributed by atoms with Gasteiger partial charge in [-0.3, -0.25) is 9.59 Å². The molecule has 0 bridgehead atoms. The zero-order chi connectivity index (χ0) is 17.6. The number of ketones is 1. The number of aromatic nitrogens is 4. The number of nitrogens with one attached hydrogen (secondary N) is 1. The molecule has 3 rings (SSSR count). The highest BCUT2D eigenvalue weighted by Crippen LogP contribution is 2.17. The van der Waals surface area contributed by atoms with Gasteiger partial charge in [0.15, 0.2) is 5.78 Å². The van der Waals surface area contributed by atoms with Crippen LogP contribution in [0.15, 0.2) is 52.2 Å². The van der Waals surface area contributed by atoms with Gasteiger partial charge in [-0.15, -0.1) is 5.10 Å². The van der Waals surface area contributed by atoms with Crippen LogP contribution in [0.25, 0.3) is 0 Å². The molecule has 2 aromatic heterocycles. The van der Waals surface area contributed by atoms with Gasteiger partial charge in [-0.2, -0.15) is 0 Å². The summed E-state index contributed by atoms with van der Waals surface area (Å²) in [6, 6.07) is 10.4. The summed E-state index contributed by atoms with van der Waals surface area (Å²) in [7, 11) is 0. The van der Waals surface area contributed by atoms with Gasteiger partial charge in [-0.05, 0) is 41.6 Å². The van der Waals surface area contributed by atoms with Gasteiger partial charge >= 0.3 is 0 Å². The molecule has 25 heavy (non-hydrogen) atoms. The molecule has 8 nitrogen and oxygen atoms in total. The second-order valence-corrected chi connectivity index (χ2v) is 6.11. The molecule has 0 aliphatic heterocycles. The van der Waals surface area contributed by atoms with Crippen molar-refractivity contribution in [3.05, 3.63) is 54.0 Å². The topological polar surface area (TPSA) is 103 Å². The molecule has 9 heteroatoms. The number of hydrogen-bond acceptors (Lipinski definition) is 7. The summed E-state index contributed by atoms with van der Waals surface area (Å²) < 4.78 is 6.83. The standard InChI is InChI=1S/C16H15N5O3S/c1-11(22)12-4-2-5-13(8-12)17-15(23)10-25-16-18-19-20-21(16)9-14-6-3-7-24-14/h2-8H,9-10H2,1H3,(H,17,23). The van der Waals surface area contributed by atoms with E-state index in [4.69, 9.17) is 4.42 Å². The van der Waals surface area contributed by atoms with Gasteiger partial charge in [0.05, 0.1) is 12.0 Å². The van der Waals surface area contributed by atoms with E-state index >= 15 is 0 Å². The number of rotatable bonds is 7. The predicted octanol–water partition coefficient (Wildman–Crippen LogP) is 2.25. The molecule has 0 saturated heterocycles. The molecule has 128 valence electrons. The quantitative estimate of drug-likeness (QED) is 0.511. The Kier molecular flexibility index (Phi) is 5.24. The number of tetrazole rings is 1. The first-order valence-corrected chi connectivity index (χ1v) is 8.42. The molecule has 0 saturated carbocycles. The van der Waals surface area contributed by atoms with Crippen LogP contribution in [0.4, 0.5) is 5.69 Å². The number of Topliss-reactive ketones (excluding diaryl/α,β-unsaturated/α-hetero) is 1. The summed E-state index contributed by atoms with van der Waals surface area (Å²) in [5.74, 6) is 0.600. The lowest BCUT2D eigenvalue weighted by Crippen LogP contribution is -2.15. The van der Waals surface area contributed by atoms with E-state index in [9.17, 15) is 9.59 Å². The molecule has 0 unspecified atom stereocenters. The molecule has 0 spiro atoms. The second kappa shape index (κ2) is 7.75. The lowest BCUT2D eigenvalue weighted by molar-refractivity contribution is -0.113. The first kappa shape index (κ1) is 16.9. The van der Waals surface area contributed by atoms with Gasteiger partial charge in [-0.25, -0.2) is 4.68 Å². The molecule has 1 N–H and O–H groups in total. The van der Waals surface area contributed by atoms with Gasteiger partial charge in [0, 0.05) is 11.3 Å². The number of nitrogens with zero attached hydrogens (tertiary/aromatic N) is 4. The number of amides is 1. The van der Waals surface area contributed by atoms with Crippen LogP contribution in [0.2, 0.25) is 0 Å². The van der Waals surface area contributed by atoms with Crippen molar-refractivity contribution >= 4 is 29.1 Å². The van der Waals surface area contributed by atoms with E-state index in [-0.39, 0.29) is 17.4 Å². The summed E-state index contributed by atoms with van der Waals surface area (Å²) in [5, 5.41) is 14.7. The highest BCUT2D eigenvalue weighted by Gasteiger charge is 2.12. The fourth-order valence-corrected chi connectivity index (χ4v) is 2.77. The third kappa shape index (κ3) is 4.54. The average molecular weight is 357 g/mol. The Labute approximate surface area is 147 Å². The highest BCUT2D eigenvalue weighted by atomic mass is 32.2. The summed E-state index contributed by atoms with van der Waals surface area (Å²) in [6.45, 7) is 1.88. The number of carbonyl (C=O) groups is 2. The van der Waals surface area contributed by atoms with Crippen molar-refractivity contribution in [1.29, 1.82) is 0 Å². The number of benzene rings is 1. The molecule has 2 heterocycles. The van der Waals surface area contributed by atoms with Crippen LogP contribution in [0.5, 0.6) is 0 Å². The Morgan fingerprint density at radius 1 is 1.28 bits per heavy atom. The van der Waals surface area contributed by atoms with E-state index in [1.165, 1.54) is 18.7 Å². The SMILES string of the molecule is CC(=O)c1cccc(NC(=O)CSc2nnnn2Cc2ccco2)c1. The number of furan rings is 1. The van der Waals surface area contributed by atoms with Crippen molar-refractivity contribution in [1.82, 2.24) is 20.2 Å². The highest BCUT2D eigenvalue weighted by molar-refractivity contribution is 7.99. The van der Waals surface area contributed by atoms with E-state index in [1.54, 1.807) is 41.3 Å². The first-order valence-electron chi connectivity index (χ1n) is 7.44. The lowest BCUT2D eigenvalue weighted by atomic mass is 10.1. The molecule has 0 fully saturated rings. The van der Waals surface area contributed by atoms with Crippen LogP contribution >= 0.6 is 11.8 Å². The maximum Gasteiger partial charge on any atom is 0.234 e. The van der Waals surface area contributed by atoms with Crippen LogP contribution < -0.4 is 5.32 Å². The van der Waals surface area contributed by atoms with Crippen molar-refractivity contribution in [2.45, 2.75) is 18.6 Å². The van der Waals surface area contributed by atoms with Crippen LogP contribution in [-0.2, 0) is 11.3 Å². The fraction of sp³-hybridized carbons (Fsp3) is 0.188. The van der Waals surface area contributed by atoms with Crippen molar-refractivity contribution in [3.8, 4) is 0 Å². The Hall–Kier alpha value is -2.94. The minimum Gasteiger partial charge on any atom is -0.467 e. The Bertz CT molecular complexity index is 876. The largest absolute Gasteiger partial charge is 0.467 e. The number of thioether (sulfide) groups is 1. The number of anilines is 1. The summed E-state index contributed by atoms with van der Waals surface area (Å²) in [5.41, 5.74) is 1.13. The zero-order valence-corrected chi connectivity index (χ0v) is 14.2. The van der Waals surface area contributed by atoms with E-state index in [0.717, 1.165) is 5.76 Å². The zero-order valence-electron chi connectivity index (χ0n) is 13.4. The second-order valence-electron chi connectivity index (χ2n) is 5.17. The first-order chi connectivity index (χ1) is 12.1. The number of carbonyl (C=O) groups excluding carboxylic acids is 2. The summed E-state index contributed by atoms with van der Waals surface area (Å²) in [6.07, 6.45) is 1.58. The molecular weight excluding hydrogens is 342 g/mol. The molecule has 0 aliphatic carbocycles. The van der Waals surface area contributed by atoms with Gasteiger partial charge in [0.1, 0.15) is 12.3 Å². The normalized spacial score (nSPS) is 10.6. The fourth-order valence-electron chi connectivity index (χ4n) is 2.09. The van der Waals surface area contributed by atoms with Crippen LogP contribution in [0, 0.1) is 0 Å². The number of hydrogen-bond donors (Lipinski definition) is 1. The Morgan fingerprint density at radius 2 is 2.16 bits per heavy atom. The minimum atomic E-state index is -0.210. The molecule has 0 radical (unpaired) electrons. The van der Waals surface area contributed by atoms with Gasteiger partial charge in [0.25, 0.3) is 0 Å². The van der Waals surface area contributed by atoms with E-state index in [2.05, 4.69) is 20.8 Å². The van der Waals surface area contributed by atoms with Crippen molar-refractivity contribution in [2.75, 3.05) is 11.1 Å². The summed E-state index contributed by atoms with van der Waals surface area (Å²) >= 11 is 1.22.